The van der Waals surface area contributed by atoms with E-state index in [1.165, 1.54) is 4.90 Å². The molecule has 0 aromatic heterocycles. The van der Waals surface area contributed by atoms with Crippen molar-refractivity contribution in [3.05, 3.63) is 24.3 Å². The number of hydrogen-bond donors (Lipinski definition) is 0. The Morgan fingerprint density at radius 3 is 2.73 bits per heavy atom. The van der Waals surface area contributed by atoms with E-state index in [-0.39, 0.29) is 0 Å². The predicted molar refractivity (Wildman–Crippen MR) is 50.4 cm³/mol. The van der Waals surface area contributed by atoms with Crippen LogP contribution in [-0.2, 0) is 0 Å². The van der Waals surface area contributed by atoms with Gasteiger partial charge in [0.25, 0.3) is 0 Å². The summed E-state index contributed by atoms with van der Waals surface area (Å²) < 4.78 is 5.87. The first kappa shape index (κ1) is 7.80. The van der Waals surface area contributed by atoms with Gasteiger partial charge in [-0.3, -0.25) is 0 Å². The van der Waals surface area contributed by atoms with Gasteiger partial charge in [0.05, 0.1) is 0 Å². The molecule has 0 spiro atoms. The molecule has 58 valence electrons. The van der Waals surface area contributed by atoms with E-state index in [9.17, 15) is 0 Å². The Balaban J connectivity index is 2.41. The van der Waals surface area contributed by atoms with Gasteiger partial charge in [-0.05, 0) is 0 Å². The van der Waals surface area contributed by atoms with Gasteiger partial charge < -0.3 is 0 Å². The Morgan fingerprint density at radius 1 is 1.27 bits per heavy atom. The van der Waals surface area contributed by atoms with E-state index in [0.29, 0.717) is 0 Å². The van der Waals surface area contributed by atoms with Crippen LogP contribution >= 0.6 is 8.95 Å². The minimum atomic E-state index is -2.12. The Bertz CT molecular complexity index is 258. The molecule has 0 bridgehead atoms. The van der Waals surface area contributed by atoms with E-state index < -0.39 is 17.4 Å². The number of fused-ring (bicyclic) bond motifs is 1. The fraction of sp³-hybridized carbons (Fsp3) is 0.250. The Labute approximate surface area is 74.0 Å². The molecule has 0 unspecified atom stereocenters. The summed E-state index contributed by atoms with van der Waals surface area (Å²) in [5.41, 5.74) is 0. The van der Waals surface area contributed by atoms with Crippen LogP contribution in [0.2, 0.25) is 9.88 Å². The predicted octanol–water partition coefficient (Wildman–Crippen LogP) is 2.87. The summed E-state index contributed by atoms with van der Waals surface area (Å²) in [6.45, 7) is 0. The molecule has 11 heavy (non-hydrogen) atoms. The van der Waals surface area contributed by atoms with Crippen molar-refractivity contribution >= 4 is 26.4 Å². The molecule has 1 aromatic carbocycles. The second kappa shape index (κ2) is 2.59. The van der Waals surface area contributed by atoms with Crippen molar-refractivity contribution < 1.29 is 3.07 Å². The quantitative estimate of drug-likeness (QED) is 0.672. The van der Waals surface area contributed by atoms with Crippen LogP contribution in [0.3, 0.4) is 0 Å². The summed E-state index contributed by atoms with van der Waals surface area (Å²) in [6, 6.07) is 8.31. The zero-order valence-corrected chi connectivity index (χ0v) is 10.3. The summed E-state index contributed by atoms with van der Waals surface area (Å²) in [6.07, 6.45) is 0. The zero-order valence-electron chi connectivity index (χ0n) is 6.63. The fourth-order valence-corrected chi connectivity index (χ4v) is 11.3. The molecular formula is C8H10OSSn. The summed E-state index contributed by atoms with van der Waals surface area (Å²) in [4.78, 5) is 5.92. The molecule has 2 rings (SSSR count). The monoisotopic (exact) mass is 274 g/mol. The van der Waals surface area contributed by atoms with Crippen LogP contribution in [0.4, 0.5) is 0 Å². The van der Waals surface area contributed by atoms with Crippen LogP contribution in [0.25, 0.3) is 0 Å². The van der Waals surface area contributed by atoms with Crippen LogP contribution in [0.1, 0.15) is 0 Å². The van der Waals surface area contributed by atoms with Gasteiger partial charge in [-0.15, -0.1) is 0 Å². The zero-order chi connectivity index (χ0) is 7.90. The topological polar surface area (TPSA) is 9.23 Å². The summed E-state index contributed by atoms with van der Waals surface area (Å²) in [7, 11) is 1.98. The first-order valence-corrected chi connectivity index (χ1v) is 14.8. The summed E-state index contributed by atoms with van der Waals surface area (Å²) in [5, 5.41) is 0. The van der Waals surface area contributed by atoms with Gasteiger partial charge >= 0.3 is 74.2 Å². The average Bonchev–Trinajstić information content (AvgIpc) is 2.21. The number of para-hydroxylation sites is 1. The number of benzene rings is 1. The third-order valence-electron chi connectivity index (χ3n) is 1.56. The van der Waals surface area contributed by atoms with Crippen molar-refractivity contribution in [1.82, 2.24) is 0 Å². The van der Waals surface area contributed by atoms with Crippen molar-refractivity contribution in [2.45, 2.75) is 14.8 Å². The number of hydrogen-bond acceptors (Lipinski definition) is 2. The normalized spacial score (nSPS) is 19.1. The van der Waals surface area contributed by atoms with Crippen LogP contribution < -0.4 is 3.07 Å². The first-order chi connectivity index (χ1) is 5.17. The molecule has 0 amide bonds. The fourth-order valence-electron chi connectivity index (χ4n) is 1.17. The van der Waals surface area contributed by atoms with Gasteiger partial charge in [-0.2, -0.15) is 0 Å². The molecule has 3 heteroatoms. The van der Waals surface area contributed by atoms with Gasteiger partial charge in [0.15, 0.2) is 0 Å². The molecule has 0 N–H and O–H groups in total. The Hall–Kier alpha value is 0.169. The minimum absolute atomic E-state index is 1.11. The standard InChI is InChI=1S/C6H6OS.2CH3.Sn/c7-5-3-1-2-4-6(5)8;;;/h1-4,7-8H;2*1H3;/q;;;+2/p-2. The van der Waals surface area contributed by atoms with E-state index in [2.05, 4.69) is 28.1 Å². The van der Waals surface area contributed by atoms with Crippen molar-refractivity contribution in [3.8, 4) is 5.75 Å². The Morgan fingerprint density at radius 2 is 2.00 bits per heavy atom. The van der Waals surface area contributed by atoms with E-state index in [1.807, 2.05) is 15.0 Å². The van der Waals surface area contributed by atoms with Gasteiger partial charge in [-0.1, -0.05) is 0 Å². The molecule has 0 saturated carbocycles. The molecule has 1 aliphatic heterocycles. The van der Waals surface area contributed by atoms with Crippen LogP contribution in [0.15, 0.2) is 29.2 Å². The summed E-state index contributed by atoms with van der Waals surface area (Å²) in [5.74, 6) is 1.11. The van der Waals surface area contributed by atoms with E-state index in [4.69, 9.17) is 3.07 Å². The third kappa shape index (κ3) is 1.51. The molecule has 0 aliphatic carbocycles. The molecule has 1 aromatic rings. The van der Waals surface area contributed by atoms with Crippen LogP contribution in [0, 0.1) is 0 Å². The molecule has 1 nitrogen and oxygen atoms in total. The second-order valence-corrected chi connectivity index (χ2v) is 20.6. The molecule has 0 saturated heterocycles. The molecule has 0 radical (unpaired) electrons. The second-order valence-electron chi connectivity index (χ2n) is 3.05. The van der Waals surface area contributed by atoms with E-state index in [0.717, 1.165) is 5.75 Å². The molecule has 0 atom stereocenters. The van der Waals surface area contributed by atoms with E-state index >= 15 is 0 Å². The van der Waals surface area contributed by atoms with E-state index in [1.54, 1.807) is 0 Å². The van der Waals surface area contributed by atoms with Crippen molar-refractivity contribution in [1.29, 1.82) is 0 Å². The third-order valence-corrected chi connectivity index (χ3v) is 11.3. The molecule has 1 aliphatic rings. The van der Waals surface area contributed by atoms with Gasteiger partial charge in [0.1, 0.15) is 0 Å². The molecule has 0 fully saturated rings. The maximum atomic E-state index is 5.87. The van der Waals surface area contributed by atoms with Crippen molar-refractivity contribution in [2.24, 2.45) is 0 Å². The molecule has 1 heterocycles. The van der Waals surface area contributed by atoms with Crippen molar-refractivity contribution in [2.75, 3.05) is 0 Å². The van der Waals surface area contributed by atoms with Gasteiger partial charge in [-0.25, -0.2) is 0 Å². The SMILES string of the molecule is [CH3][Sn]1([CH3])[O]c2ccccc2[S]1. The Kier molecular flexibility index (Phi) is 1.84. The summed E-state index contributed by atoms with van der Waals surface area (Å²) >= 11 is -2.12. The van der Waals surface area contributed by atoms with Crippen LogP contribution in [0.5, 0.6) is 5.75 Å². The number of rotatable bonds is 0. The average molecular weight is 273 g/mol. The van der Waals surface area contributed by atoms with Crippen molar-refractivity contribution in [3.63, 3.8) is 0 Å². The van der Waals surface area contributed by atoms with Crippen LogP contribution in [-0.4, -0.2) is 17.4 Å². The van der Waals surface area contributed by atoms with Gasteiger partial charge in [0.2, 0.25) is 0 Å². The maximum absolute atomic E-state index is 5.87. The molecular weight excluding hydrogens is 263 g/mol. The van der Waals surface area contributed by atoms with Gasteiger partial charge in [0, 0.05) is 0 Å². The first-order valence-electron chi connectivity index (χ1n) is 3.64.